The van der Waals surface area contributed by atoms with Gasteiger partial charge in [-0.05, 0) is 48.9 Å². The summed E-state index contributed by atoms with van der Waals surface area (Å²) in [7, 11) is -3.81. The molecule has 32 heavy (non-hydrogen) atoms. The smallest absolute Gasteiger partial charge is 0.340 e. The summed E-state index contributed by atoms with van der Waals surface area (Å²) in [5.41, 5.74) is 2.54. The summed E-state index contributed by atoms with van der Waals surface area (Å²) in [6.45, 7) is 6.32. The number of rotatable bonds is 7. The van der Waals surface area contributed by atoms with Crippen LogP contribution in [0.4, 0.5) is 5.69 Å². The molecule has 172 valence electrons. The van der Waals surface area contributed by atoms with Crippen LogP contribution in [0.1, 0.15) is 60.5 Å². The van der Waals surface area contributed by atoms with Crippen LogP contribution >= 0.6 is 0 Å². The summed E-state index contributed by atoms with van der Waals surface area (Å²) in [4.78, 5) is 25.1. The van der Waals surface area contributed by atoms with E-state index < -0.39 is 28.5 Å². The lowest BCUT2D eigenvalue weighted by molar-refractivity contribution is -0.119. The molecule has 3 rings (SSSR count). The van der Waals surface area contributed by atoms with Gasteiger partial charge in [0.2, 0.25) is 10.0 Å². The van der Waals surface area contributed by atoms with Crippen molar-refractivity contribution in [3.05, 3.63) is 59.2 Å². The van der Waals surface area contributed by atoms with Crippen LogP contribution in [0, 0.1) is 6.92 Å². The first-order valence-electron chi connectivity index (χ1n) is 10.9. The monoisotopic (exact) mass is 458 g/mol. The summed E-state index contributed by atoms with van der Waals surface area (Å²) < 4.78 is 32.7. The van der Waals surface area contributed by atoms with Crippen LogP contribution in [0.25, 0.3) is 0 Å². The number of benzene rings is 2. The number of sulfonamides is 1. The molecule has 0 unspecified atom stereocenters. The summed E-state index contributed by atoms with van der Waals surface area (Å²) in [6.07, 6.45) is 2.58. The third-order valence-electron chi connectivity index (χ3n) is 5.57. The molecular formula is C24H30N2O5S. The lowest BCUT2D eigenvalue weighted by Gasteiger charge is -2.26. The van der Waals surface area contributed by atoms with Gasteiger partial charge in [-0.25, -0.2) is 13.2 Å². The molecule has 7 nitrogen and oxygen atoms in total. The molecule has 0 spiro atoms. The third kappa shape index (κ3) is 5.37. The summed E-state index contributed by atoms with van der Waals surface area (Å²) in [6, 6.07) is 11.7. The highest BCUT2D eigenvalue weighted by Crippen LogP contribution is 2.27. The van der Waals surface area contributed by atoms with E-state index in [1.54, 1.807) is 12.1 Å². The van der Waals surface area contributed by atoms with E-state index in [1.165, 1.54) is 16.4 Å². The maximum absolute atomic E-state index is 13.1. The van der Waals surface area contributed by atoms with Gasteiger partial charge >= 0.3 is 5.97 Å². The largest absolute Gasteiger partial charge is 0.452 e. The second-order valence-corrected chi connectivity index (χ2v) is 10.2. The minimum Gasteiger partial charge on any atom is -0.452 e. The molecule has 0 saturated carbocycles. The Morgan fingerprint density at radius 1 is 1.03 bits per heavy atom. The van der Waals surface area contributed by atoms with Crippen LogP contribution in [-0.2, 0) is 19.6 Å². The highest BCUT2D eigenvalue weighted by molar-refractivity contribution is 7.89. The van der Waals surface area contributed by atoms with Crippen molar-refractivity contribution < 1.29 is 22.7 Å². The Kier molecular flexibility index (Phi) is 7.69. The predicted octanol–water partition coefficient (Wildman–Crippen LogP) is 4.09. The molecule has 1 aliphatic rings. The molecule has 2 aromatic carbocycles. The number of esters is 1. The molecule has 0 bridgehead atoms. The van der Waals surface area contributed by atoms with Gasteiger partial charge in [0.05, 0.1) is 10.5 Å². The quantitative estimate of drug-likeness (QED) is 0.631. The first-order chi connectivity index (χ1) is 15.2. The Hall–Kier alpha value is -2.71. The number of ether oxygens (including phenoxy) is 1. The number of nitrogens with one attached hydrogen (secondary N) is 1. The van der Waals surface area contributed by atoms with Gasteiger partial charge in [-0.2, -0.15) is 4.31 Å². The third-order valence-corrected chi connectivity index (χ3v) is 7.52. The molecule has 1 aliphatic heterocycles. The number of hydrogen-bond donors (Lipinski definition) is 1. The van der Waals surface area contributed by atoms with Crippen LogP contribution in [-0.4, -0.2) is 44.3 Å². The molecule has 8 heteroatoms. The number of piperidine rings is 1. The Labute approximate surface area is 189 Å². The van der Waals surface area contributed by atoms with Crippen LogP contribution in [0.3, 0.4) is 0 Å². The van der Waals surface area contributed by atoms with Crippen LogP contribution in [0.5, 0.6) is 0 Å². The zero-order chi connectivity index (χ0) is 23.3. The van der Waals surface area contributed by atoms with Gasteiger partial charge in [0, 0.05) is 18.8 Å². The lowest BCUT2D eigenvalue weighted by atomic mass is 9.98. The Morgan fingerprint density at radius 2 is 1.72 bits per heavy atom. The fourth-order valence-electron chi connectivity index (χ4n) is 3.83. The minimum atomic E-state index is -3.81. The van der Waals surface area contributed by atoms with Crippen molar-refractivity contribution in [3.63, 3.8) is 0 Å². The van der Waals surface area contributed by atoms with E-state index in [0.29, 0.717) is 18.8 Å². The van der Waals surface area contributed by atoms with E-state index in [1.807, 2.05) is 39.0 Å². The van der Waals surface area contributed by atoms with E-state index in [2.05, 4.69) is 5.32 Å². The fourth-order valence-corrected chi connectivity index (χ4v) is 5.53. The molecular weight excluding hydrogens is 428 g/mol. The number of anilines is 1. The lowest BCUT2D eigenvalue weighted by Crippen LogP contribution is -2.36. The molecule has 0 radical (unpaired) electrons. The van der Waals surface area contributed by atoms with Gasteiger partial charge in [0.25, 0.3) is 5.91 Å². The van der Waals surface area contributed by atoms with E-state index in [0.717, 1.165) is 30.4 Å². The van der Waals surface area contributed by atoms with Crippen LogP contribution < -0.4 is 5.32 Å². The predicted molar refractivity (Wildman–Crippen MR) is 123 cm³/mol. The van der Waals surface area contributed by atoms with Crippen molar-refractivity contribution in [3.8, 4) is 0 Å². The molecule has 2 aromatic rings. The molecule has 0 atom stereocenters. The molecule has 1 N–H and O–H groups in total. The van der Waals surface area contributed by atoms with Crippen molar-refractivity contribution in [1.29, 1.82) is 0 Å². The van der Waals surface area contributed by atoms with Gasteiger partial charge < -0.3 is 10.1 Å². The first kappa shape index (κ1) is 23.9. The Bertz CT molecular complexity index is 1090. The number of carbonyl (C=O) groups excluding carboxylic acids is 2. The van der Waals surface area contributed by atoms with Crippen molar-refractivity contribution in [2.75, 3.05) is 25.0 Å². The molecule has 1 fully saturated rings. The van der Waals surface area contributed by atoms with Crippen molar-refractivity contribution in [2.45, 2.75) is 50.8 Å². The average molecular weight is 459 g/mol. The van der Waals surface area contributed by atoms with E-state index in [4.69, 9.17) is 4.74 Å². The Balaban J connectivity index is 1.72. The number of hydrogen-bond acceptors (Lipinski definition) is 5. The summed E-state index contributed by atoms with van der Waals surface area (Å²) in [5.74, 6) is -1.12. The fraction of sp³-hybridized carbons (Fsp3) is 0.417. The number of carbonyl (C=O) groups is 2. The maximum Gasteiger partial charge on any atom is 0.340 e. The van der Waals surface area contributed by atoms with Crippen molar-refractivity contribution in [2.24, 2.45) is 0 Å². The maximum atomic E-state index is 13.1. The second-order valence-electron chi connectivity index (χ2n) is 8.28. The number of aryl methyl sites for hydroxylation is 1. The number of nitrogens with zero attached hydrogens (tertiary/aromatic N) is 1. The van der Waals surface area contributed by atoms with Crippen molar-refractivity contribution >= 4 is 27.6 Å². The van der Waals surface area contributed by atoms with Gasteiger partial charge in [-0.1, -0.05) is 50.6 Å². The van der Waals surface area contributed by atoms with Crippen molar-refractivity contribution in [1.82, 2.24) is 4.31 Å². The topological polar surface area (TPSA) is 92.8 Å². The molecule has 1 heterocycles. The highest BCUT2D eigenvalue weighted by atomic mass is 32.2. The normalized spacial score (nSPS) is 14.9. The SMILES string of the molecule is Cc1cccc(C(C)C)c1NC(=O)COC(=O)c1ccccc1S(=O)(=O)N1CCCCC1. The minimum absolute atomic E-state index is 0.0652. The van der Waals surface area contributed by atoms with E-state index >= 15 is 0 Å². The molecule has 1 saturated heterocycles. The summed E-state index contributed by atoms with van der Waals surface area (Å²) >= 11 is 0. The van der Waals surface area contributed by atoms with E-state index in [-0.39, 0.29) is 16.4 Å². The molecule has 0 aromatic heterocycles. The zero-order valence-electron chi connectivity index (χ0n) is 18.8. The molecule has 1 amide bonds. The van der Waals surface area contributed by atoms with Crippen LogP contribution in [0.15, 0.2) is 47.4 Å². The van der Waals surface area contributed by atoms with Gasteiger partial charge in [0.15, 0.2) is 6.61 Å². The Morgan fingerprint density at radius 3 is 2.41 bits per heavy atom. The molecule has 0 aliphatic carbocycles. The average Bonchev–Trinajstić information content (AvgIpc) is 2.79. The van der Waals surface area contributed by atoms with Gasteiger partial charge in [-0.3, -0.25) is 4.79 Å². The number of para-hydroxylation sites is 1. The second kappa shape index (κ2) is 10.3. The summed E-state index contributed by atoms with van der Waals surface area (Å²) in [5, 5.41) is 2.82. The van der Waals surface area contributed by atoms with Crippen LogP contribution in [0.2, 0.25) is 0 Å². The highest BCUT2D eigenvalue weighted by Gasteiger charge is 2.30. The first-order valence-corrected chi connectivity index (χ1v) is 12.3. The van der Waals surface area contributed by atoms with Gasteiger partial charge in [-0.15, -0.1) is 0 Å². The van der Waals surface area contributed by atoms with Gasteiger partial charge in [0.1, 0.15) is 0 Å². The van der Waals surface area contributed by atoms with E-state index in [9.17, 15) is 18.0 Å². The zero-order valence-corrected chi connectivity index (χ0v) is 19.6. The number of amides is 1. The standard InChI is InChI=1S/C24H30N2O5S/c1-17(2)19-12-9-10-18(3)23(19)25-22(27)16-31-24(28)20-11-5-6-13-21(20)32(29,30)26-14-7-4-8-15-26/h5-6,9-13,17H,4,7-8,14-16H2,1-3H3,(H,25,27).